The maximum absolute atomic E-state index is 2.30. The molecule has 1 aromatic heterocycles. The van der Waals surface area contributed by atoms with Crippen LogP contribution < -0.4 is 4.57 Å². The predicted molar refractivity (Wildman–Crippen MR) is 76.4 cm³/mol. The lowest BCUT2D eigenvalue weighted by Crippen LogP contribution is -2.29. The zero-order valence-corrected chi connectivity index (χ0v) is 12.2. The third-order valence-corrected chi connectivity index (χ3v) is 3.97. The van der Waals surface area contributed by atoms with E-state index in [1.807, 2.05) is 0 Å². The molecule has 0 aliphatic carbocycles. The van der Waals surface area contributed by atoms with Crippen LogP contribution in [0.1, 0.15) is 71.1 Å². The molecule has 1 rings (SSSR count). The van der Waals surface area contributed by atoms with E-state index in [2.05, 4.69) is 28.6 Å². The smallest absolute Gasteiger partial charge is 0.195 e. The van der Waals surface area contributed by atoms with E-state index in [0.717, 1.165) is 0 Å². The second-order valence-corrected chi connectivity index (χ2v) is 5.70. The summed E-state index contributed by atoms with van der Waals surface area (Å²) in [5.74, 6) is 0. The molecule has 0 atom stereocenters. The molecule has 0 fully saturated rings. The van der Waals surface area contributed by atoms with Crippen molar-refractivity contribution in [2.75, 3.05) is 0 Å². The van der Waals surface area contributed by atoms with Gasteiger partial charge in [0.15, 0.2) is 6.20 Å². The highest BCUT2D eigenvalue weighted by Crippen LogP contribution is 2.10. The van der Waals surface area contributed by atoms with Crippen LogP contribution in [-0.2, 0) is 6.54 Å². The van der Waals surface area contributed by atoms with E-state index in [-0.39, 0.29) is 0 Å². The standard InChI is InChI=1S/C15H28NS/c1-2-3-4-5-6-7-8-9-10-11-12-16-13-14-17-15-16/h13-15H,2-12H2,1H3/q+1. The highest BCUT2D eigenvalue weighted by atomic mass is 32.1. The number of thiazole rings is 1. The van der Waals surface area contributed by atoms with Crippen LogP contribution in [-0.4, -0.2) is 0 Å². The Kier molecular flexibility index (Phi) is 9.30. The van der Waals surface area contributed by atoms with Gasteiger partial charge >= 0.3 is 0 Å². The molecular formula is C15H28NS+. The van der Waals surface area contributed by atoms with Gasteiger partial charge in [-0.15, -0.1) is 0 Å². The molecule has 0 unspecified atom stereocenters. The third kappa shape index (κ3) is 8.37. The van der Waals surface area contributed by atoms with E-state index >= 15 is 0 Å². The van der Waals surface area contributed by atoms with Crippen molar-refractivity contribution in [1.29, 1.82) is 0 Å². The molecule has 0 bridgehead atoms. The van der Waals surface area contributed by atoms with Gasteiger partial charge in [0.25, 0.3) is 0 Å². The highest BCUT2D eigenvalue weighted by molar-refractivity contribution is 7.07. The monoisotopic (exact) mass is 254 g/mol. The van der Waals surface area contributed by atoms with Gasteiger partial charge in [-0.2, -0.15) is 4.57 Å². The zero-order chi connectivity index (χ0) is 12.2. The zero-order valence-electron chi connectivity index (χ0n) is 11.4. The fourth-order valence-electron chi connectivity index (χ4n) is 2.17. The van der Waals surface area contributed by atoms with E-state index in [9.17, 15) is 0 Å². The lowest BCUT2D eigenvalue weighted by molar-refractivity contribution is -0.692. The van der Waals surface area contributed by atoms with Gasteiger partial charge < -0.3 is 0 Å². The minimum absolute atomic E-state index is 1.21. The number of hydrogen-bond donors (Lipinski definition) is 0. The Morgan fingerprint density at radius 2 is 1.41 bits per heavy atom. The van der Waals surface area contributed by atoms with Crippen molar-refractivity contribution in [2.45, 2.75) is 77.7 Å². The molecule has 0 saturated heterocycles. The molecular weight excluding hydrogens is 226 g/mol. The summed E-state index contributed by atoms with van der Waals surface area (Å²) in [5, 5.41) is 2.15. The second kappa shape index (κ2) is 10.8. The molecule has 0 radical (unpaired) electrons. The van der Waals surface area contributed by atoms with E-state index in [4.69, 9.17) is 0 Å². The minimum atomic E-state index is 1.21. The van der Waals surface area contributed by atoms with Crippen molar-refractivity contribution in [3.63, 3.8) is 0 Å². The van der Waals surface area contributed by atoms with Gasteiger partial charge in [0.2, 0.25) is 5.51 Å². The van der Waals surface area contributed by atoms with E-state index < -0.39 is 0 Å². The molecule has 0 N–H and O–H groups in total. The Hall–Kier alpha value is -0.370. The molecule has 2 heteroatoms. The summed E-state index contributed by atoms with van der Waals surface area (Å²) in [5.41, 5.74) is 2.20. The van der Waals surface area contributed by atoms with Crippen molar-refractivity contribution in [3.8, 4) is 0 Å². The normalized spacial score (nSPS) is 10.9. The van der Waals surface area contributed by atoms with Crippen LogP contribution in [0.5, 0.6) is 0 Å². The topological polar surface area (TPSA) is 3.88 Å². The molecule has 17 heavy (non-hydrogen) atoms. The summed E-state index contributed by atoms with van der Waals surface area (Å²) < 4.78 is 2.30. The van der Waals surface area contributed by atoms with Crippen LogP contribution in [0.4, 0.5) is 0 Å². The number of rotatable bonds is 11. The Morgan fingerprint density at radius 3 is 1.94 bits per heavy atom. The van der Waals surface area contributed by atoms with Crippen LogP contribution in [0.2, 0.25) is 0 Å². The number of hydrogen-bond acceptors (Lipinski definition) is 1. The van der Waals surface area contributed by atoms with Crippen LogP contribution in [0.3, 0.4) is 0 Å². The van der Waals surface area contributed by atoms with Crippen LogP contribution in [0.15, 0.2) is 17.1 Å². The van der Waals surface area contributed by atoms with E-state index in [0.29, 0.717) is 0 Å². The number of aryl methyl sites for hydroxylation is 1. The third-order valence-electron chi connectivity index (χ3n) is 3.30. The van der Waals surface area contributed by atoms with Gasteiger partial charge in [-0.05, 0) is 6.42 Å². The number of nitrogens with zero attached hydrogens (tertiary/aromatic N) is 1. The first-order valence-corrected chi connectivity index (χ1v) is 8.29. The molecule has 0 aromatic carbocycles. The number of aromatic nitrogens is 1. The Labute approximate surface area is 111 Å². The molecule has 1 nitrogen and oxygen atoms in total. The maximum atomic E-state index is 2.30. The quantitative estimate of drug-likeness (QED) is 0.388. The SMILES string of the molecule is CCCCCCCCCCCC[n+]1ccsc1. The van der Waals surface area contributed by atoms with Crippen molar-refractivity contribution in [1.82, 2.24) is 0 Å². The first kappa shape index (κ1) is 14.7. The molecule has 0 spiro atoms. The predicted octanol–water partition coefficient (Wildman–Crippen LogP) is 4.96. The molecule has 0 amide bonds. The molecule has 0 aliphatic heterocycles. The summed E-state index contributed by atoms with van der Waals surface area (Å²) in [4.78, 5) is 0. The average molecular weight is 254 g/mol. The van der Waals surface area contributed by atoms with E-state index in [1.165, 1.54) is 70.8 Å². The van der Waals surface area contributed by atoms with Crippen molar-refractivity contribution in [2.24, 2.45) is 0 Å². The van der Waals surface area contributed by atoms with Crippen LogP contribution in [0, 0.1) is 0 Å². The largest absolute Gasteiger partial charge is 0.224 e. The molecule has 0 saturated carbocycles. The van der Waals surface area contributed by atoms with Crippen molar-refractivity contribution >= 4 is 11.3 Å². The molecule has 1 aromatic rings. The van der Waals surface area contributed by atoms with Gasteiger partial charge in [-0.3, -0.25) is 0 Å². The van der Waals surface area contributed by atoms with Gasteiger partial charge in [-0.25, -0.2) is 0 Å². The lowest BCUT2D eigenvalue weighted by Gasteiger charge is -2.00. The Morgan fingerprint density at radius 1 is 0.824 bits per heavy atom. The second-order valence-electron chi connectivity index (χ2n) is 4.95. The lowest BCUT2D eigenvalue weighted by atomic mass is 10.1. The fourth-order valence-corrected chi connectivity index (χ4v) is 2.80. The first-order chi connectivity index (χ1) is 8.43. The van der Waals surface area contributed by atoms with Gasteiger partial charge in [0.05, 0.1) is 5.38 Å². The van der Waals surface area contributed by atoms with Crippen molar-refractivity contribution in [3.05, 3.63) is 17.1 Å². The van der Waals surface area contributed by atoms with Crippen LogP contribution >= 0.6 is 11.3 Å². The van der Waals surface area contributed by atoms with Crippen molar-refractivity contribution < 1.29 is 4.57 Å². The average Bonchev–Trinajstić information content (AvgIpc) is 2.85. The van der Waals surface area contributed by atoms with E-state index in [1.54, 1.807) is 11.3 Å². The summed E-state index contributed by atoms with van der Waals surface area (Å²) in [6.07, 6.45) is 16.4. The first-order valence-electron chi connectivity index (χ1n) is 7.34. The minimum Gasteiger partial charge on any atom is -0.195 e. The fraction of sp³-hybridized carbons (Fsp3) is 0.800. The van der Waals surface area contributed by atoms with Gasteiger partial charge in [0.1, 0.15) is 6.54 Å². The van der Waals surface area contributed by atoms with Gasteiger partial charge in [-0.1, -0.05) is 69.6 Å². The highest BCUT2D eigenvalue weighted by Gasteiger charge is 1.99. The Balaban J connectivity index is 1.76. The molecule has 0 aliphatic rings. The Bertz CT molecular complexity index is 243. The molecule has 1 heterocycles. The number of unbranched alkanes of at least 4 members (excludes halogenated alkanes) is 9. The summed E-state index contributed by atoms with van der Waals surface area (Å²) in [7, 11) is 0. The summed E-state index contributed by atoms with van der Waals surface area (Å²) >= 11 is 1.78. The van der Waals surface area contributed by atoms with Crippen LogP contribution in [0.25, 0.3) is 0 Å². The summed E-state index contributed by atoms with van der Waals surface area (Å²) in [6, 6.07) is 0. The summed E-state index contributed by atoms with van der Waals surface area (Å²) in [6.45, 7) is 3.49. The molecule has 98 valence electrons. The van der Waals surface area contributed by atoms with Gasteiger partial charge in [0, 0.05) is 6.42 Å². The maximum Gasteiger partial charge on any atom is 0.224 e.